The molecule has 0 bridgehead atoms. The van der Waals surface area contributed by atoms with Crippen molar-refractivity contribution in [1.82, 2.24) is 5.32 Å². The van der Waals surface area contributed by atoms with E-state index in [1.165, 1.54) is 5.57 Å². The number of hydrogen-bond donors (Lipinski definition) is 2. The van der Waals surface area contributed by atoms with E-state index in [0.29, 0.717) is 6.54 Å². The normalized spacial score (nSPS) is 17.3. The van der Waals surface area contributed by atoms with Gasteiger partial charge in [-0.05, 0) is 43.5 Å². The quantitative estimate of drug-likeness (QED) is 0.696. The standard InChI is InChI=1S/C19H26BrNO3/c1-13(10-14-4-9-18(23-2)19(11-14)24-3)21-12-17(22)15-5-7-16(20)8-6-15/h5-8,11,13,17,21-22H,4,9-10,12H2,1-3H3. The van der Waals surface area contributed by atoms with Crippen molar-refractivity contribution in [2.45, 2.75) is 38.3 Å². The Labute approximate surface area is 152 Å². The first-order valence-corrected chi connectivity index (χ1v) is 9.00. The fourth-order valence-corrected chi connectivity index (χ4v) is 3.12. The van der Waals surface area contributed by atoms with Gasteiger partial charge in [0.05, 0.1) is 20.3 Å². The van der Waals surface area contributed by atoms with E-state index in [2.05, 4.69) is 34.2 Å². The van der Waals surface area contributed by atoms with E-state index >= 15 is 0 Å². The van der Waals surface area contributed by atoms with Crippen LogP contribution in [0.3, 0.4) is 0 Å². The Balaban J connectivity index is 1.85. The molecule has 2 atom stereocenters. The Morgan fingerprint density at radius 3 is 2.50 bits per heavy atom. The van der Waals surface area contributed by atoms with Crippen LogP contribution >= 0.6 is 15.9 Å². The minimum Gasteiger partial charge on any atom is -0.497 e. The number of aliphatic hydroxyl groups excluding tert-OH is 1. The van der Waals surface area contributed by atoms with Crippen molar-refractivity contribution in [1.29, 1.82) is 0 Å². The number of rotatable bonds is 8. The molecule has 2 rings (SSSR count). The fraction of sp³-hybridized carbons (Fsp3) is 0.474. The molecule has 4 nitrogen and oxygen atoms in total. The SMILES string of the molecule is COC1=C(OC)CCC(CC(C)NCC(O)c2ccc(Br)cc2)=C1. The minimum absolute atomic E-state index is 0.281. The molecule has 0 fully saturated rings. The van der Waals surface area contributed by atoms with Crippen LogP contribution in [0.15, 0.2) is 51.9 Å². The molecule has 0 saturated carbocycles. The number of allylic oxidation sites excluding steroid dienone is 2. The maximum absolute atomic E-state index is 10.3. The number of benzene rings is 1. The van der Waals surface area contributed by atoms with E-state index < -0.39 is 6.10 Å². The summed E-state index contributed by atoms with van der Waals surface area (Å²) in [5.41, 5.74) is 2.26. The van der Waals surface area contributed by atoms with E-state index in [4.69, 9.17) is 9.47 Å². The van der Waals surface area contributed by atoms with Crippen molar-refractivity contribution < 1.29 is 14.6 Å². The van der Waals surface area contributed by atoms with Crippen molar-refractivity contribution in [3.05, 3.63) is 57.5 Å². The lowest BCUT2D eigenvalue weighted by Crippen LogP contribution is -2.31. The molecule has 0 aliphatic heterocycles. The Hall–Kier alpha value is -1.30. The minimum atomic E-state index is -0.504. The summed E-state index contributed by atoms with van der Waals surface area (Å²) in [6, 6.07) is 8.05. The van der Waals surface area contributed by atoms with Gasteiger partial charge in [0.15, 0.2) is 5.76 Å². The number of methoxy groups -OCH3 is 2. The van der Waals surface area contributed by atoms with Gasteiger partial charge < -0.3 is 19.9 Å². The third kappa shape index (κ3) is 5.36. The number of aliphatic hydroxyl groups is 1. The van der Waals surface area contributed by atoms with Gasteiger partial charge in [0, 0.05) is 23.5 Å². The second-order valence-electron chi connectivity index (χ2n) is 6.08. The third-order valence-electron chi connectivity index (χ3n) is 4.23. The predicted octanol–water partition coefficient (Wildman–Crippen LogP) is 4.08. The highest BCUT2D eigenvalue weighted by atomic mass is 79.9. The zero-order valence-electron chi connectivity index (χ0n) is 14.5. The van der Waals surface area contributed by atoms with Gasteiger partial charge in [0.25, 0.3) is 0 Å². The molecule has 1 aliphatic rings. The third-order valence-corrected chi connectivity index (χ3v) is 4.76. The number of ether oxygens (including phenoxy) is 2. The van der Waals surface area contributed by atoms with Crippen molar-refractivity contribution in [2.75, 3.05) is 20.8 Å². The Kier molecular flexibility index (Phi) is 7.34. The Morgan fingerprint density at radius 1 is 1.17 bits per heavy atom. The second-order valence-corrected chi connectivity index (χ2v) is 6.99. The molecule has 0 spiro atoms. The maximum Gasteiger partial charge on any atom is 0.156 e. The van der Waals surface area contributed by atoms with Gasteiger partial charge in [0.2, 0.25) is 0 Å². The molecule has 132 valence electrons. The van der Waals surface area contributed by atoms with Crippen LogP contribution in [0, 0.1) is 0 Å². The van der Waals surface area contributed by atoms with Gasteiger partial charge in [-0.15, -0.1) is 0 Å². The summed E-state index contributed by atoms with van der Waals surface area (Å²) in [5.74, 6) is 1.73. The molecule has 0 amide bonds. The zero-order valence-corrected chi connectivity index (χ0v) is 16.1. The summed E-state index contributed by atoms with van der Waals surface area (Å²) in [6.45, 7) is 2.67. The summed E-state index contributed by atoms with van der Waals surface area (Å²) >= 11 is 3.41. The Bertz CT molecular complexity index is 595. The van der Waals surface area contributed by atoms with Gasteiger partial charge in [-0.1, -0.05) is 33.6 Å². The van der Waals surface area contributed by atoms with Crippen LogP contribution in [-0.2, 0) is 9.47 Å². The summed E-state index contributed by atoms with van der Waals surface area (Å²) in [4.78, 5) is 0. The zero-order chi connectivity index (χ0) is 17.5. The van der Waals surface area contributed by atoms with E-state index in [9.17, 15) is 5.11 Å². The highest BCUT2D eigenvalue weighted by Gasteiger charge is 2.17. The maximum atomic E-state index is 10.3. The lowest BCUT2D eigenvalue weighted by atomic mass is 9.96. The van der Waals surface area contributed by atoms with Crippen LogP contribution in [0.4, 0.5) is 0 Å². The van der Waals surface area contributed by atoms with Crippen LogP contribution in [0.1, 0.15) is 37.9 Å². The van der Waals surface area contributed by atoms with Crippen LogP contribution in [0.2, 0.25) is 0 Å². The molecule has 1 aromatic carbocycles. The topological polar surface area (TPSA) is 50.7 Å². The first kappa shape index (κ1) is 19.0. The van der Waals surface area contributed by atoms with Crippen molar-refractivity contribution >= 4 is 15.9 Å². The number of halogens is 1. The average molecular weight is 396 g/mol. The average Bonchev–Trinajstić information content (AvgIpc) is 2.60. The van der Waals surface area contributed by atoms with Gasteiger partial charge in [-0.3, -0.25) is 0 Å². The molecular weight excluding hydrogens is 370 g/mol. The van der Waals surface area contributed by atoms with Crippen molar-refractivity contribution in [3.63, 3.8) is 0 Å². The molecule has 1 aromatic rings. The van der Waals surface area contributed by atoms with Gasteiger partial charge in [0.1, 0.15) is 5.76 Å². The fourth-order valence-electron chi connectivity index (χ4n) is 2.85. The van der Waals surface area contributed by atoms with E-state index in [-0.39, 0.29) is 6.04 Å². The molecule has 0 saturated heterocycles. The number of nitrogens with one attached hydrogen (secondary N) is 1. The summed E-state index contributed by atoms with van der Waals surface area (Å²) in [6.07, 6.45) is 4.36. The molecule has 2 unspecified atom stereocenters. The first-order valence-electron chi connectivity index (χ1n) is 8.21. The monoisotopic (exact) mass is 395 g/mol. The smallest absolute Gasteiger partial charge is 0.156 e. The molecule has 0 heterocycles. The second kappa shape index (κ2) is 9.25. The van der Waals surface area contributed by atoms with Crippen LogP contribution in [0.5, 0.6) is 0 Å². The lowest BCUT2D eigenvalue weighted by molar-refractivity contribution is 0.170. The first-order chi connectivity index (χ1) is 11.5. The summed E-state index contributed by atoms with van der Waals surface area (Å²) in [5, 5.41) is 13.7. The predicted molar refractivity (Wildman–Crippen MR) is 99.5 cm³/mol. The largest absolute Gasteiger partial charge is 0.497 e. The van der Waals surface area contributed by atoms with Gasteiger partial charge >= 0.3 is 0 Å². The van der Waals surface area contributed by atoms with Crippen molar-refractivity contribution in [2.24, 2.45) is 0 Å². The van der Waals surface area contributed by atoms with Crippen molar-refractivity contribution in [3.8, 4) is 0 Å². The van der Waals surface area contributed by atoms with Crippen LogP contribution in [-0.4, -0.2) is 31.9 Å². The summed E-state index contributed by atoms with van der Waals surface area (Å²) in [7, 11) is 3.35. The number of hydrogen-bond acceptors (Lipinski definition) is 4. The Morgan fingerprint density at radius 2 is 1.88 bits per heavy atom. The molecule has 24 heavy (non-hydrogen) atoms. The van der Waals surface area contributed by atoms with Gasteiger partial charge in [-0.25, -0.2) is 0 Å². The molecule has 5 heteroatoms. The van der Waals surface area contributed by atoms with Gasteiger partial charge in [-0.2, -0.15) is 0 Å². The van der Waals surface area contributed by atoms with E-state index in [1.807, 2.05) is 24.3 Å². The molecular formula is C19H26BrNO3. The molecule has 0 radical (unpaired) electrons. The molecule has 2 N–H and O–H groups in total. The van der Waals surface area contributed by atoms with E-state index in [1.54, 1.807) is 14.2 Å². The highest BCUT2D eigenvalue weighted by Crippen LogP contribution is 2.27. The summed E-state index contributed by atoms with van der Waals surface area (Å²) < 4.78 is 11.7. The molecule has 1 aliphatic carbocycles. The van der Waals surface area contributed by atoms with Crippen LogP contribution < -0.4 is 5.32 Å². The molecule has 0 aromatic heterocycles. The lowest BCUT2D eigenvalue weighted by Gasteiger charge is -2.22. The van der Waals surface area contributed by atoms with E-state index in [0.717, 1.165) is 40.8 Å². The highest BCUT2D eigenvalue weighted by molar-refractivity contribution is 9.10. The van der Waals surface area contributed by atoms with Crippen LogP contribution in [0.25, 0.3) is 0 Å².